The SMILES string of the molecule is CCN(CC)CCOC(=O)Nc1cc(Cl)c(Cl)cc1Cl. The minimum Gasteiger partial charge on any atom is -0.448 e. The number of carbonyl (C=O) groups is 1. The number of benzene rings is 1. The van der Waals surface area contributed by atoms with Gasteiger partial charge in [0.1, 0.15) is 6.61 Å². The van der Waals surface area contributed by atoms with E-state index in [1.165, 1.54) is 12.1 Å². The van der Waals surface area contributed by atoms with Gasteiger partial charge >= 0.3 is 6.09 Å². The molecule has 0 aromatic heterocycles. The molecule has 1 rings (SSSR count). The number of hydrogen-bond donors (Lipinski definition) is 1. The highest BCUT2D eigenvalue weighted by molar-refractivity contribution is 6.44. The van der Waals surface area contributed by atoms with Crippen LogP contribution in [0.3, 0.4) is 0 Å². The van der Waals surface area contributed by atoms with Crippen molar-refractivity contribution in [1.29, 1.82) is 0 Å². The number of amides is 1. The van der Waals surface area contributed by atoms with Crippen LogP contribution < -0.4 is 5.32 Å². The summed E-state index contributed by atoms with van der Waals surface area (Å²) in [5.74, 6) is 0. The summed E-state index contributed by atoms with van der Waals surface area (Å²) < 4.78 is 5.08. The van der Waals surface area contributed by atoms with E-state index in [1.807, 2.05) is 0 Å². The van der Waals surface area contributed by atoms with Gasteiger partial charge in [-0.2, -0.15) is 0 Å². The van der Waals surface area contributed by atoms with Gasteiger partial charge in [-0.05, 0) is 25.2 Å². The van der Waals surface area contributed by atoms with Crippen LogP contribution in [-0.2, 0) is 4.74 Å². The summed E-state index contributed by atoms with van der Waals surface area (Å²) >= 11 is 17.6. The second kappa shape index (κ2) is 8.57. The summed E-state index contributed by atoms with van der Waals surface area (Å²) in [4.78, 5) is 13.8. The molecule has 4 nitrogen and oxygen atoms in total. The zero-order valence-corrected chi connectivity index (χ0v) is 13.6. The molecule has 0 bridgehead atoms. The molecule has 1 aromatic carbocycles. The second-order valence-corrected chi connectivity index (χ2v) is 5.26. The molecule has 1 N–H and O–H groups in total. The van der Waals surface area contributed by atoms with Crippen molar-refractivity contribution < 1.29 is 9.53 Å². The van der Waals surface area contributed by atoms with Crippen LogP contribution in [-0.4, -0.2) is 37.2 Å². The Kier molecular flexibility index (Phi) is 7.45. The van der Waals surface area contributed by atoms with Crippen LogP contribution in [0.2, 0.25) is 15.1 Å². The summed E-state index contributed by atoms with van der Waals surface area (Å²) in [6.07, 6.45) is -0.572. The third-order valence-electron chi connectivity index (χ3n) is 2.78. The number of ether oxygens (including phenoxy) is 1. The third kappa shape index (κ3) is 5.37. The fourth-order valence-corrected chi connectivity index (χ4v) is 2.17. The first kappa shape index (κ1) is 17.4. The number of nitrogens with one attached hydrogen (secondary N) is 1. The Balaban J connectivity index is 2.49. The van der Waals surface area contributed by atoms with Gasteiger partial charge < -0.3 is 9.64 Å². The Bertz CT molecular complexity index is 465. The van der Waals surface area contributed by atoms with E-state index in [9.17, 15) is 4.79 Å². The van der Waals surface area contributed by atoms with Crippen molar-refractivity contribution in [3.63, 3.8) is 0 Å². The van der Waals surface area contributed by atoms with Crippen molar-refractivity contribution in [1.82, 2.24) is 4.90 Å². The topological polar surface area (TPSA) is 41.6 Å². The van der Waals surface area contributed by atoms with E-state index in [0.717, 1.165) is 13.1 Å². The van der Waals surface area contributed by atoms with Gasteiger partial charge in [0, 0.05) is 6.54 Å². The number of carbonyl (C=O) groups excluding carboxylic acids is 1. The van der Waals surface area contributed by atoms with Crippen molar-refractivity contribution in [3.8, 4) is 0 Å². The van der Waals surface area contributed by atoms with E-state index in [2.05, 4.69) is 24.1 Å². The maximum Gasteiger partial charge on any atom is 0.411 e. The van der Waals surface area contributed by atoms with Crippen molar-refractivity contribution >= 4 is 46.6 Å². The van der Waals surface area contributed by atoms with Gasteiger partial charge in [-0.25, -0.2) is 4.79 Å². The molecule has 112 valence electrons. The monoisotopic (exact) mass is 338 g/mol. The van der Waals surface area contributed by atoms with Gasteiger partial charge in [0.15, 0.2) is 0 Å². The number of hydrogen-bond acceptors (Lipinski definition) is 3. The van der Waals surface area contributed by atoms with E-state index in [1.54, 1.807) is 0 Å². The molecule has 0 fully saturated rings. The number of anilines is 1. The van der Waals surface area contributed by atoms with Crippen molar-refractivity contribution in [3.05, 3.63) is 27.2 Å². The highest BCUT2D eigenvalue weighted by Crippen LogP contribution is 2.32. The summed E-state index contributed by atoms with van der Waals surface area (Å²) in [7, 11) is 0. The number of nitrogens with zero attached hydrogens (tertiary/aromatic N) is 1. The molecule has 0 saturated heterocycles. The maximum absolute atomic E-state index is 11.6. The standard InChI is InChI=1S/C13H17Cl3N2O2/c1-3-18(4-2)5-6-20-13(19)17-12-8-10(15)9(14)7-11(12)16/h7-8H,3-6H2,1-2H3,(H,17,19). The lowest BCUT2D eigenvalue weighted by Crippen LogP contribution is -2.28. The Hall–Kier alpha value is -0.680. The lowest BCUT2D eigenvalue weighted by Gasteiger charge is -2.17. The largest absolute Gasteiger partial charge is 0.448 e. The van der Waals surface area contributed by atoms with Crippen LogP contribution in [0, 0.1) is 0 Å². The normalized spacial score (nSPS) is 10.7. The molecule has 1 amide bonds. The summed E-state index contributed by atoms with van der Waals surface area (Å²) in [5.41, 5.74) is 0.369. The average Bonchev–Trinajstić information content (AvgIpc) is 2.41. The lowest BCUT2D eigenvalue weighted by molar-refractivity contribution is 0.142. The molecule has 0 spiro atoms. The fraction of sp³-hybridized carbons (Fsp3) is 0.462. The Morgan fingerprint density at radius 3 is 2.35 bits per heavy atom. The van der Waals surface area contributed by atoms with Gasteiger partial charge in [-0.15, -0.1) is 0 Å². The molecule has 0 radical (unpaired) electrons. The molecule has 0 aliphatic rings. The molecule has 1 aromatic rings. The first-order chi connectivity index (χ1) is 9.47. The van der Waals surface area contributed by atoms with E-state index < -0.39 is 6.09 Å². The van der Waals surface area contributed by atoms with Gasteiger partial charge in [-0.3, -0.25) is 5.32 Å². The van der Waals surface area contributed by atoms with Crippen LogP contribution in [0.25, 0.3) is 0 Å². The molecular weight excluding hydrogens is 323 g/mol. The zero-order chi connectivity index (χ0) is 15.1. The van der Waals surface area contributed by atoms with Crippen molar-refractivity contribution in [2.45, 2.75) is 13.8 Å². The first-order valence-electron chi connectivity index (χ1n) is 6.28. The van der Waals surface area contributed by atoms with E-state index in [-0.39, 0.29) is 0 Å². The highest BCUT2D eigenvalue weighted by atomic mass is 35.5. The molecule has 0 atom stereocenters. The summed E-state index contributed by atoms with van der Waals surface area (Å²) in [6.45, 7) is 6.94. The molecule has 0 saturated carbocycles. The van der Waals surface area contributed by atoms with Crippen LogP contribution in [0.1, 0.15) is 13.8 Å². The van der Waals surface area contributed by atoms with E-state index in [4.69, 9.17) is 39.5 Å². The minimum atomic E-state index is -0.572. The summed E-state index contributed by atoms with van der Waals surface area (Å²) in [5, 5.41) is 3.48. The number of halogens is 3. The minimum absolute atomic E-state index is 0.306. The molecule has 0 aliphatic carbocycles. The molecule has 0 unspecified atom stereocenters. The van der Waals surface area contributed by atoms with Gasteiger partial charge in [0.2, 0.25) is 0 Å². The van der Waals surface area contributed by atoms with Gasteiger partial charge in [0.05, 0.1) is 20.8 Å². The number of likely N-dealkylation sites (N-methyl/N-ethyl adjacent to an activating group) is 1. The maximum atomic E-state index is 11.6. The van der Waals surface area contributed by atoms with Crippen molar-refractivity contribution in [2.24, 2.45) is 0 Å². The molecule has 0 aliphatic heterocycles. The molecule has 0 heterocycles. The second-order valence-electron chi connectivity index (χ2n) is 4.03. The van der Waals surface area contributed by atoms with Crippen LogP contribution >= 0.6 is 34.8 Å². The predicted octanol–water partition coefficient (Wildman–Crippen LogP) is 4.54. The van der Waals surface area contributed by atoms with Gasteiger partial charge in [0.25, 0.3) is 0 Å². The Morgan fingerprint density at radius 1 is 1.15 bits per heavy atom. The van der Waals surface area contributed by atoms with E-state index >= 15 is 0 Å². The highest BCUT2D eigenvalue weighted by Gasteiger charge is 2.10. The third-order valence-corrected chi connectivity index (χ3v) is 3.82. The smallest absolute Gasteiger partial charge is 0.411 e. The lowest BCUT2D eigenvalue weighted by atomic mass is 10.3. The zero-order valence-electron chi connectivity index (χ0n) is 11.4. The van der Waals surface area contributed by atoms with Crippen molar-refractivity contribution in [2.75, 3.05) is 31.6 Å². The first-order valence-corrected chi connectivity index (χ1v) is 7.42. The van der Waals surface area contributed by atoms with Crippen LogP contribution in [0.15, 0.2) is 12.1 Å². The molecule has 20 heavy (non-hydrogen) atoms. The number of rotatable bonds is 6. The summed E-state index contributed by atoms with van der Waals surface area (Å²) in [6, 6.07) is 2.95. The predicted molar refractivity (Wildman–Crippen MR) is 84.2 cm³/mol. The molecule has 7 heteroatoms. The van der Waals surface area contributed by atoms with Crippen LogP contribution in [0.5, 0.6) is 0 Å². The fourth-order valence-electron chi connectivity index (χ4n) is 1.57. The van der Waals surface area contributed by atoms with Gasteiger partial charge in [-0.1, -0.05) is 48.7 Å². The van der Waals surface area contributed by atoms with Crippen LogP contribution in [0.4, 0.5) is 10.5 Å². The average molecular weight is 340 g/mol. The molecular formula is C13H17Cl3N2O2. The quantitative estimate of drug-likeness (QED) is 0.774. The Labute approximate surface area is 133 Å². The van der Waals surface area contributed by atoms with E-state index in [0.29, 0.717) is 33.9 Å². The Morgan fingerprint density at radius 2 is 1.75 bits per heavy atom.